The highest BCUT2D eigenvalue weighted by atomic mass is 35.5. The zero-order chi connectivity index (χ0) is 11.2. The van der Waals surface area contributed by atoms with Crippen LogP contribution in [0.25, 0.3) is 11.3 Å². The van der Waals surface area contributed by atoms with Crippen molar-refractivity contribution in [1.29, 1.82) is 0 Å². The van der Waals surface area contributed by atoms with Crippen LogP contribution in [0.3, 0.4) is 0 Å². The van der Waals surface area contributed by atoms with Crippen molar-refractivity contribution in [1.82, 2.24) is 9.97 Å². The number of nitrogens with zero attached hydrogens (tertiary/aromatic N) is 1. The van der Waals surface area contributed by atoms with Crippen molar-refractivity contribution in [2.24, 2.45) is 5.73 Å². The molecule has 2 aromatic rings. The molecule has 1 saturated carbocycles. The molecular weight excluding hydrogens is 222 g/mol. The average Bonchev–Trinajstić information content (AvgIpc) is 2.83. The van der Waals surface area contributed by atoms with E-state index in [1.54, 1.807) is 0 Å². The molecule has 3 nitrogen and oxygen atoms in total. The number of aromatic amines is 1. The molecule has 1 aliphatic carbocycles. The fourth-order valence-corrected chi connectivity index (χ4v) is 1.94. The molecule has 0 amide bonds. The second kappa shape index (κ2) is 3.34. The molecule has 4 heteroatoms. The molecular formula is C12H12ClN3. The molecule has 0 unspecified atom stereocenters. The largest absolute Gasteiger partial charge is 0.340 e. The van der Waals surface area contributed by atoms with Crippen LogP contribution in [0.2, 0.25) is 5.02 Å². The molecule has 82 valence electrons. The third kappa shape index (κ3) is 1.62. The van der Waals surface area contributed by atoms with E-state index in [0.717, 1.165) is 34.9 Å². The van der Waals surface area contributed by atoms with Crippen molar-refractivity contribution < 1.29 is 0 Å². The van der Waals surface area contributed by atoms with Gasteiger partial charge in [0.2, 0.25) is 0 Å². The smallest absolute Gasteiger partial charge is 0.126 e. The summed E-state index contributed by atoms with van der Waals surface area (Å²) >= 11 is 5.94. The zero-order valence-electron chi connectivity index (χ0n) is 8.70. The van der Waals surface area contributed by atoms with Gasteiger partial charge in [-0.2, -0.15) is 0 Å². The van der Waals surface area contributed by atoms with E-state index >= 15 is 0 Å². The third-order valence-corrected chi connectivity index (χ3v) is 3.21. The van der Waals surface area contributed by atoms with Crippen LogP contribution in [0.5, 0.6) is 0 Å². The fourth-order valence-electron chi connectivity index (χ4n) is 1.75. The van der Waals surface area contributed by atoms with Gasteiger partial charge in [0.15, 0.2) is 0 Å². The minimum absolute atomic E-state index is 0.211. The minimum atomic E-state index is -0.211. The second-order valence-corrected chi connectivity index (χ2v) is 4.75. The van der Waals surface area contributed by atoms with E-state index in [-0.39, 0.29) is 5.54 Å². The number of benzene rings is 1. The molecule has 3 rings (SSSR count). The molecule has 3 N–H and O–H groups in total. The number of imidazole rings is 1. The van der Waals surface area contributed by atoms with Crippen molar-refractivity contribution in [2.75, 3.05) is 0 Å². The van der Waals surface area contributed by atoms with Crippen molar-refractivity contribution in [3.8, 4) is 11.3 Å². The lowest BCUT2D eigenvalue weighted by Crippen LogP contribution is -2.20. The second-order valence-electron chi connectivity index (χ2n) is 4.31. The van der Waals surface area contributed by atoms with Crippen molar-refractivity contribution in [3.05, 3.63) is 41.3 Å². The summed E-state index contributed by atoms with van der Waals surface area (Å²) in [6.07, 6.45) is 3.83. The maximum absolute atomic E-state index is 6.07. The summed E-state index contributed by atoms with van der Waals surface area (Å²) in [6, 6.07) is 7.69. The van der Waals surface area contributed by atoms with E-state index in [2.05, 4.69) is 9.97 Å². The highest BCUT2D eigenvalue weighted by Crippen LogP contribution is 2.41. The Balaban J connectivity index is 1.98. The lowest BCUT2D eigenvalue weighted by atomic mass is 10.2. The lowest BCUT2D eigenvalue weighted by Gasteiger charge is -2.03. The molecule has 0 radical (unpaired) electrons. The van der Waals surface area contributed by atoms with Crippen molar-refractivity contribution >= 4 is 11.6 Å². The predicted octanol–water partition coefficient (Wildman–Crippen LogP) is 2.68. The summed E-state index contributed by atoms with van der Waals surface area (Å²) in [4.78, 5) is 7.60. The summed E-state index contributed by atoms with van der Waals surface area (Å²) < 4.78 is 0. The third-order valence-electron chi connectivity index (χ3n) is 2.97. The van der Waals surface area contributed by atoms with Gasteiger partial charge < -0.3 is 10.7 Å². The van der Waals surface area contributed by atoms with Crippen LogP contribution in [0.1, 0.15) is 18.7 Å². The number of aromatic nitrogens is 2. The molecule has 16 heavy (non-hydrogen) atoms. The standard InChI is InChI=1S/C12H12ClN3/c13-9-3-1-2-8(6-9)10-7-15-11(16-10)12(14)4-5-12/h1-3,6-7H,4-5,14H2,(H,15,16). The first-order valence-electron chi connectivity index (χ1n) is 5.28. The van der Waals surface area contributed by atoms with Gasteiger partial charge in [-0.3, -0.25) is 0 Å². The Hall–Kier alpha value is -1.32. The summed E-state index contributed by atoms with van der Waals surface area (Å²) in [5.74, 6) is 0.877. The molecule has 0 bridgehead atoms. The van der Waals surface area contributed by atoms with E-state index < -0.39 is 0 Å². The molecule has 1 fully saturated rings. The number of rotatable bonds is 2. The molecule has 0 aliphatic heterocycles. The molecule has 1 aliphatic rings. The lowest BCUT2D eigenvalue weighted by molar-refractivity contribution is 0.685. The Morgan fingerprint density at radius 3 is 2.88 bits per heavy atom. The predicted molar refractivity (Wildman–Crippen MR) is 64.1 cm³/mol. The van der Waals surface area contributed by atoms with Gasteiger partial charge >= 0.3 is 0 Å². The van der Waals surface area contributed by atoms with Crippen LogP contribution in [0, 0.1) is 0 Å². The Labute approximate surface area is 98.6 Å². The van der Waals surface area contributed by atoms with Gasteiger partial charge in [-0.1, -0.05) is 23.7 Å². The summed E-state index contributed by atoms with van der Waals surface area (Å²) in [5.41, 5.74) is 7.86. The fraction of sp³-hybridized carbons (Fsp3) is 0.250. The molecule has 0 saturated heterocycles. The van der Waals surface area contributed by atoms with E-state index in [1.165, 1.54) is 0 Å². The van der Waals surface area contributed by atoms with Gasteiger partial charge in [-0.15, -0.1) is 0 Å². The zero-order valence-corrected chi connectivity index (χ0v) is 9.46. The number of H-pyrrole nitrogens is 1. The van der Waals surface area contributed by atoms with Crippen LogP contribution < -0.4 is 5.73 Å². The van der Waals surface area contributed by atoms with Crippen LogP contribution in [0.4, 0.5) is 0 Å². The molecule has 1 aromatic heterocycles. The van der Waals surface area contributed by atoms with Crippen LogP contribution in [0.15, 0.2) is 30.5 Å². The SMILES string of the molecule is NC1(c2ncc(-c3cccc(Cl)c3)[nH]2)CC1. The maximum atomic E-state index is 6.07. The maximum Gasteiger partial charge on any atom is 0.126 e. The van der Waals surface area contributed by atoms with Gasteiger partial charge in [0.25, 0.3) is 0 Å². The van der Waals surface area contributed by atoms with E-state index in [9.17, 15) is 0 Å². The van der Waals surface area contributed by atoms with Gasteiger partial charge in [0.1, 0.15) is 5.82 Å². The van der Waals surface area contributed by atoms with Crippen LogP contribution in [-0.4, -0.2) is 9.97 Å². The van der Waals surface area contributed by atoms with E-state index in [0.29, 0.717) is 0 Å². The number of hydrogen-bond donors (Lipinski definition) is 2. The summed E-state index contributed by atoms with van der Waals surface area (Å²) in [6.45, 7) is 0. The number of halogens is 1. The summed E-state index contributed by atoms with van der Waals surface area (Å²) in [5, 5.41) is 0.725. The van der Waals surface area contributed by atoms with E-state index in [1.807, 2.05) is 30.5 Å². The topological polar surface area (TPSA) is 54.7 Å². The first kappa shape index (κ1) is 9.87. The Morgan fingerprint density at radius 2 is 2.19 bits per heavy atom. The average molecular weight is 234 g/mol. The quantitative estimate of drug-likeness (QED) is 0.838. The molecule has 1 heterocycles. The van der Waals surface area contributed by atoms with Crippen LogP contribution >= 0.6 is 11.6 Å². The molecule has 0 spiro atoms. The van der Waals surface area contributed by atoms with Gasteiger partial charge in [-0.25, -0.2) is 4.98 Å². The number of hydrogen-bond acceptors (Lipinski definition) is 2. The summed E-state index contributed by atoms with van der Waals surface area (Å²) in [7, 11) is 0. The first-order chi connectivity index (χ1) is 7.67. The highest BCUT2D eigenvalue weighted by Gasteiger charge is 2.42. The van der Waals surface area contributed by atoms with Crippen molar-refractivity contribution in [3.63, 3.8) is 0 Å². The molecule has 1 aromatic carbocycles. The minimum Gasteiger partial charge on any atom is -0.340 e. The van der Waals surface area contributed by atoms with Gasteiger partial charge in [0.05, 0.1) is 17.4 Å². The Morgan fingerprint density at radius 1 is 1.38 bits per heavy atom. The normalized spacial score (nSPS) is 17.4. The molecule has 0 atom stereocenters. The van der Waals surface area contributed by atoms with Gasteiger partial charge in [-0.05, 0) is 25.0 Å². The van der Waals surface area contributed by atoms with E-state index in [4.69, 9.17) is 17.3 Å². The van der Waals surface area contributed by atoms with Crippen molar-refractivity contribution in [2.45, 2.75) is 18.4 Å². The Bertz CT molecular complexity index is 529. The monoisotopic (exact) mass is 233 g/mol. The highest BCUT2D eigenvalue weighted by molar-refractivity contribution is 6.30. The number of nitrogens with one attached hydrogen (secondary N) is 1. The Kier molecular flexibility index (Phi) is 2.06. The number of nitrogens with two attached hydrogens (primary N) is 1. The van der Waals surface area contributed by atoms with Crippen LogP contribution in [-0.2, 0) is 5.54 Å². The first-order valence-corrected chi connectivity index (χ1v) is 5.65. The van der Waals surface area contributed by atoms with Gasteiger partial charge in [0, 0.05) is 10.6 Å².